The molecule has 1 aromatic carbocycles. The molecule has 0 aliphatic carbocycles. The molecule has 0 saturated carbocycles. The van der Waals surface area contributed by atoms with E-state index in [2.05, 4.69) is 5.32 Å². The van der Waals surface area contributed by atoms with Crippen LogP contribution in [-0.2, 0) is 19.4 Å². The van der Waals surface area contributed by atoms with Crippen molar-refractivity contribution in [1.29, 1.82) is 0 Å². The van der Waals surface area contributed by atoms with Crippen molar-refractivity contribution in [2.75, 3.05) is 30.0 Å². The molecule has 1 aliphatic rings. The Labute approximate surface area is 124 Å². The number of sulfone groups is 1. The largest absolute Gasteiger partial charge is 0.399 e. The third-order valence-corrected chi connectivity index (χ3v) is 5.68. The van der Waals surface area contributed by atoms with Crippen LogP contribution in [0.5, 0.6) is 0 Å². The molecule has 3 N–H and O–H groups in total. The first-order chi connectivity index (χ1) is 9.88. The maximum atomic E-state index is 12.2. The second-order valence-electron chi connectivity index (χ2n) is 5.24. The normalized spacial score (nSPS) is 16.6. The molecule has 21 heavy (non-hydrogen) atoms. The van der Waals surface area contributed by atoms with Crippen molar-refractivity contribution in [3.8, 4) is 0 Å². The van der Waals surface area contributed by atoms with E-state index in [9.17, 15) is 13.2 Å². The molecule has 1 heterocycles. The van der Waals surface area contributed by atoms with Gasteiger partial charge < -0.3 is 15.8 Å². The van der Waals surface area contributed by atoms with Crippen molar-refractivity contribution in [2.45, 2.75) is 25.0 Å². The van der Waals surface area contributed by atoms with Gasteiger partial charge in [-0.05, 0) is 43.5 Å². The molecule has 1 aliphatic heterocycles. The molecule has 116 valence electrons. The van der Waals surface area contributed by atoms with Gasteiger partial charge in [0.15, 0.2) is 9.84 Å². The van der Waals surface area contributed by atoms with Crippen LogP contribution in [0.3, 0.4) is 0 Å². The number of carbonyl (C=O) groups is 1. The molecule has 1 amide bonds. The zero-order valence-electron chi connectivity index (χ0n) is 12.0. The van der Waals surface area contributed by atoms with E-state index in [0.717, 1.165) is 5.56 Å². The number of nitrogen functional groups attached to an aromatic ring is 1. The summed E-state index contributed by atoms with van der Waals surface area (Å²) in [5, 5.41) is 2.15. The maximum Gasteiger partial charge on any atom is 0.239 e. The van der Waals surface area contributed by atoms with Crippen LogP contribution in [0, 0.1) is 6.92 Å². The monoisotopic (exact) mass is 312 g/mol. The summed E-state index contributed by atoms with van der Waals surface area (Å²) in [5.74, 6) is -1.02. The summed E-state index contributed by atoms with van der Waals surface area (Å²) in [6.07, 6.45) is 0.910. The van der Waals surface area contributed by atoms with E-state index in [4.69, 9.17) is 10.5 Å². The Balaban J connectivity index is 2.00. The average molecular weight is 312 g/mol. The fraction of sp³-hybridized carbons (Fsp3) is 0.500. The van der Waals surface area contributed by atoms with E-state index in [1.165, 1.54) is 0 Å². The lowest BCUT2D eigenvalue weighted by molar-refractivity contribution is -0.113. The number of anilines is 2. The summed E-state index contributed by atoms with van der Waals surface area (Å²) >= 11 is 0. The molecule has 1 saturated heterocycles. The second-order valence-corrected chi connectivity index (χ2v) is 7.52. The van der Waals surface area contributed by atoms with Crippen molar-refractivity contribution in [1.82, 2.24) is 0 Å². The zero-order valence-corrected chi connectivity index (χ0v) is 12.8. The summed E-state index contributed by atoms with van der Waals surface area (Å²) in [6, 6.07) is 5.06. The fourth-order valence-corrected chi connectivity index (χ4v) is 3.93. The number of aryl methyl sites for hydroxylation is 1. The van der Waals surface area contributed by atoms with Gasteiger partial charge in [0, 0.05) is 24.6 Å². The van der Waals surface area contributed by atoms with E-state index in [-0.39, 0.29) is 0 Å². The predicted molar refractivity (Wildman–Crippen MR) is 81.8 cm³/mol. The molecule has 1 fully saturated rings. The maximum absolute atomic E-state index is 12.2. The van der Waals surface area contributed by atoms with Crippen LogP contribution < -0.4 is 11.1 Å². The van der Waals surface area contributed by atoms with Gasteiger partial charge in [-0.25, -0.2) is 8.42 Å². The molecular weight excluding hydrogens is 292 g/mol. The Morgan fingerprint density at radius 1 is 1.38 bits per heavy atom. The number of nitrogens with two attached hydrogens (primary N) is 1. The molecule has 0 unspecified atom stereocenters. The highest BCUT2D eigenvalue weighted by molar-refractivity contribution is 7.92. The second kappa shape index (κ2) is 6.44. The first-order valence-electron chi connectivity index (χ1n) is 6.84. The van der Waals surface area contributed by atoms with Gasteiger partial charge in [-0.1, -0.05) is 0 Å². The van der Waals surface area contributed by atoms with Gasteiger partial charge in [-0.3, -0.25) is 4.79 Å². The van der Waals surface area contributed by atoms with Crippen LogP contribution in [0.1, 0.15) is 18.4 Å². The minimum absolute atomic E-state index is 0.433. The highest BCUT2D eigenvalue weighted by atomic mass is 32.2. The number of hydrogen-bond acceptors (Lipinski definition) is 5. The van der Waals surface area contributed by atoms with Crippen LogP contribution in [0.2, 0.25) is 0 Å². The minimum atomic E-state index is -3.44. The average Bonchev–Trinajstić information content (AvgIpc) is 2.42. The topological polar surface area (TPSA) is 98.5 Å². The summed E-state index contributed by atoms with van der Waals surface area (Å²) in [7, 11) is -3.44. The molecule has 2 rings (SSSR count). The molecule has 0 bridgehead atoms. The lowest BCUT2D eigenvalue weighted by Gasteiger charge is -2.21. The van der Waals surface area contributed by atoms with Crippen molar-refractivity contribution >= 4 is 27.1 Å². The first kappa shape index (κ1) is 15.8. The highest BCUT2D eigenvalue weighted by Gasteiger charge is 2.29. The predicted octanol–water partition coefficient (Wildman–Crippen LogP) is 1.11. The van der Waals surface area contributed by atoms with Gasteiger partial charge in [0.1, 0.15) is 5.75 Å². The Bertz CT molecular complexity index is 622. The fourth-order valence-electron chi connectivity index (χ4n) is 2.35. The van der Waals surface area contributed by atoms with Gasteiger partial charge in [0.2, 0.25) is 5.91 Å². The Morgan fingerprint density at radius 2 is 2.05 bits per heavy atom. The number of nitrogens with one attached hydrogen (secondary N) is 1. The van der Waals surface area contributed by atoms with E-state index in [1.54, 1.807) is 25.1 Å². The number of rotatable bonds is 4. The number of ether oxygens (including phenoxy) is 1. The summed E-state index contributed by atoms with van der Waals surface area (Å²) < 4.78 is 29.5. The van der Waals surface area contributed by atoms with E-state index >= 15 is 0 Å². The molecule has 0 atom stereocenters. The van der Waals surface area contributed by atoms with Gasteiger partial charge in [0.05, 0.1) is 5.25 Å². The van der Waals surface area contributed by atoms with Gasteiger partial charge in [-0.2, -0.15) is 0 Å². The summed E-state index contributed by atoms with van der Waals surface area (Å²) in [4.78, 5) is 12.0. The number of amides is 1. The standard InChI is InChI=1S/C14H20N2O4S/c1-10-8-11(15)2-3-13(10)16-14(17)9-21(18,19)12-4-6-20-7-5-12/h2-3,8,12H,4-7,9,15H2,1H3,(H,16,17). The molecular formula is C14H20N2O4S. The lowest BCUT2D eigenvalue weighted by Crippen LogP contribution is -2.34. The molecule has 0 aromatic heterocycles. The summed E-state index contributed by atoms with van der Waals surface area (Å²) in [5.41, 5.74) is 7.61. The van der Waals surface area contributed by atoms with Crippen LogP contribution in [0.15, 0.2) is 18.2 Å². The van der Waals surface area contributed by atoms with Gasteiger partial charge >= 0.3 is 0 Å². The quantitative estimate of drug-likeness (QED) is 0.812. The molecule has 0 radical (unpaired) electrons. The van der Waals surface area contributed by atoms with Crippen molar-refractivity contribution < 1.29 is 17.9 Å². The van der Waals surface area contributed by atoms with Crippen LogP contribution in [0.25, 0.3) is 0 Å². The van der Waals surface area contributed by atoms with Gasteiger partial charge in [0.25, 0.3) is 0 Å². The number of benzene rings is 1. The third kappa shape index (κ3) is 4.18. The van der Waals surface area contributed by atoms with E-state index < -0.39 is 26.7 Å². The number of hydrogen-bond donors (Lipinski definition) is 2. The molecule has 1 aromatic rings. The van der Waals surface area contributed by atoms with Crippen LogP contribution >= 0.6 is 0 Å². The first-order valence-corrected chi connectivity index (χ1v) is 8.55. The Hall–Kier alpha value is -1.60. The third-order valence-electron chi connectivity index (χ3n) is 3.53. The smallest absolute Gasteiger partial charge is 0.239 e. The lowest BCUT2D eigenvalue weighted by atomic mass is 10.2. The minimum Gasteiger partial charge on any atom is -0.399 e. The Kier molecular flexibility index (Phi) is 4.84. The molecule has 0 spiro atoms. The summed E-state index contributed by atoms with van der Waals surface area (Å²) in [6.45, 7) is 2.67. The zero-order chi connectivity index (χ0) is 15.5. The Morgan fingerprint density at radius 3 is 2.67 bits per heavy atom. The SMILES string of the molecule is Cc1cc(N)ccc1NC(=O)CS(=O)(=O)C1CCOCC1. The van der Waals surface area contributed by atoms with Crippen molar-refractivity contribution in [2.24, 2.45) is 0 Å². The number of carbonyl (C=O) groups excluding carboxylic acids is 1. The van der Waals surface area contributed by atoms with Crippen LogP contribution in [-0.4, -0.2) is 38.5 Å². The molecule has 7 heteroatoms. The molecule has 6 nitrogen and oxygen atoms in total. The van der Waals surface area contributed by atoms with Crippen molar-refractivity contribution in [3.63, 3.8) is 0 Å². The van der Waals surface area contributed by atoms with Crippen LogP contribution in [0.4, 0.5) is 11.4 Å². The van der Waals surface area contributed by atoms with E-state index in [0.29, 0.717) is 37.4 Å². The van der Waals surface area contributed by atoms with E-state index in [1.807, 2.05) is 0 Å². The van der Waals surface area contributed by atoms with Gasteiger partial charge in [-0.15, -0.1) is 0 Å². The highest BCUT2D eigenvalue weighted by Crippen LogP contribution is 2.19. The van der Waals surface area contributed by atoms with Crippen molar-refractivity contribution in [3.05, 3.63) is 23.8 Å².